The number of carbonyl (C=O) groups is 1. The van der Waals surface area contributed by atoms with Crippen molar-refractivity contribution in [2.24, 2.45) is 5.73 Å². The maximum Gasteiger partial charge on any atom is 0.219 e. The first-order valence-corrected chi connectivity index (χ1v) is 11.4. The average Bonchev–Trinajstić information content (AvgIpc) is 3.50. The molecule has 9 heteroatoms. The molecule has 0 radical (unpaired) electrons. The molecule has 0 bridgehead atoms. The smallest absolute Gasteiger partial charge is 0.219 e. The van der Waals surface area contributed by atoms with Crippen molar-refractivity contribution >= 4 is 17.7 Å². The fourth-order valence-electron chi connectivity index (χ4n) is 3.19. The lowest BCUT2D eigenvalue weighted by atomic mass is 10.1. The molecule has 0 saturated carbocycles. The molecule has 2 aromatic heterocycles. The molecule has 3 N–H and O–H groups in total. The molecule has 1 amide bonds. The van der Waals surface area contributed by atoms with E-state index in [-0.39, 0.29) is 13.0 Å². The number of hydrogen-bond acceptors (Lipinski definition) is 7. The Morgan fingerprint density at radius 3 is 2.52 bits per heavy atom. The number of primary amides is 1. The molecule has 2 aromatic carbocycles. The van der Waals surface area contributed by atoms with Crippen molar-refractivity contribution in [2.75, 3.05) is 12.4 Å². The molecule has 33 heavy (non-hydrogen) atoms. The van der Waals surface area contributed by atoms with Crippen LogP contribution in [0.4, 0.5) is 0 Å². The van der Waals surface area contributed by atoms with Crippen molar-refractivity contribution < 1.29 is 19.1 Å². The lowest BCUT2D eigenvalue weighted by molar-refractivity contribution is -0.118. The average molecular weight is 465 g/mol. The molecule has 4 rings (SSSR count). The SMILES string of the molecule is NC(=O)CCn1c(SCC(O)COc2ccc(-c3ccccc3)cc2)nnc1-c1ccco1. The van der Waals surface area contributed by atoms with Crippen LogP contribution in [0.3, 0.4) is 0 Å². The zero-order valence-corrected chi connectivity index (χ0v) is 18.6. The summed E-state index contributed by atoms with van der Waals surface area (Å²) in [6, 6.07) is 21.4. The number of amides is 1. The van der Waals surface area contributed by atoms with E-state index in [0.29, 0.717) is 34.8 Å². The molecular formula is C24H24N4O4S. The van der Waals surface area contributed by atoms with Gasteiger partial charge in [-0.15, -0.1) is 10.2 Å². The van der Waals surface area contributed by atoms with Gasteiger partial charge in [0.1, 0.15) is 12.4 Å². The minimum absolute atomic E-state index is 0.137. The van der Waals surface area contributed by atoms with Crippen LogP contribution in [-0.2, 0) is 11.3 Å². The van der Waals surface area contributed by atoms with E-state index in [1.807, 2.05) is 42.5 Å². The number of furan rings is 1. The highest BCUT2D eigenvalue weighted by Crippen LogP contribution is 2.26. The monoisotopic (exact) mass is 464 g/mol. The Hall–Kier alpha value is -3.56. The maximum atomic E-state index is 11.3. The van der Waals surface area contributed by atoms with Gasteiger partial charge in [0.25, 0.3) is 0 Å². The van der Waals surface area contributed by atoms with Gasteiger partial charge >= 0.3 is 0 Å². The second kappa shape index (κ2) is 10.8. The number of rotatable bonds is 11. The van der Waals surface area contributed by atoms with Crippen molar-refractivity contribution in [3.63, 3.8) is 0 Å². The van der Waals surface area contributed by atoms with Gasteiger partial charge < -0.3 is 20.0 Å². The summed E-state index contributed by atoms with van der Waals surface area (Å²) >= 11 is 1.33. The van der Waals surface area contributed by atoms with E-state index in [1.165, 1.54) is 11.8 Å². The summed E-state index contributed by atoms with van der Waals surface area (Å²) in [5, 5.41) is 19.3. The molecule has 0 aliphatic carbocycles. The summed E-state index contributed by atoms with van der Waals surface area (Å²) in [6.45, 7) is 0.458. The molecule has 170 valence electrons. The highest BCUT2D eigenvalue weighted by atomic mass is 32.2. The number of aliphatic hydroxyl groups is 1. The van der Waals surface area contributed by atoms with E-state index >= 15 is 0 Å². The minimum atomic E-state index is -0.725. The Morgan fingerprint density at radius 1 is 1.06 bits per heavy atom. The van der Waals surface area contributed by atoms with Crippen LogP contribution in [0.1, 0.15) is 6.42 Å². The number of thioether (sulfide) groups is 1. The van der Waals surface area contributed by atoms with Gasteiger partial charge in [0.15, 0.2) is 16.7 Å². The number of hydrogen-bond donors (Lipinski definition) is 2. The normalized spacial score (nSPS) is 11.9. The third kappa shape index (κ3) is 6.03. The van der Waals surface area contributed by atoms with E-state index in [4.69, 9.17) is 14.9 Å². The molecule has 0 aliphatic heterocycles. The van der Waals surface area contributed by atoms with Crippen LogP contribution >= 0.6 is 11.8 Å². The number of ether oxygens (including phenoxy) is 1. The molecule has 8 nitrogen and oxygen atoms in total. The van der Waals surface area contributed by atoms with Crippen LogP contribution in [0.25, 0.3) is 22.7 Å². The number of carbonyl (C=O) groups excluding carboxylic acids is 1. The standard InChI is InChI=1S/C24H24N4O4S/c25-22(30)12-13-28-23(21-7-4-14-31-21)26-27-24(28)33-16-19(29)15-32-20-10-8-18(9-11-20)17-5-2-1-3-6-17/h1-11,14,19,29H,12-13,15-16H2,(H2,25,30). The summed E-state index contributed by atoms with van der Waals surface area (Å²) in [6.07, 6.45) is 0.962. The van der Waals surface area contributed by atoms with E-state index in [0.717, 1.165) is 11.1 Å². The summed E-state index contributed by atoms with van der Waals surface area (Å²) in [4.78, 5) is 11.3. The highest BCUT2D eigenvalue weighted by molar-refractivity contribution is 7.99. The quantitative estimate of drug-likeness (QED) is 0.326. The summed E-state index contributed by atoms with van der Waals surface area (Å²) in [5.74, 6) is 1.66. The topological polar surface area (TPSA) is 116 Å². The Balaban J connectivity index is 1.33. The van der Waals surface area contributed by atoms with Crippen molar-refractivity contribution in [1.82, 2.24) is 14.8 Å². The van der Waals surface area contributed by atoms with Gasteiger partial charge in [-0.25, -0.2) is 0 Å². The van der Waals surface area contributed by atoms with E-state index in [9.17, 15) is 9.90 Å². The first kappa shape index (κ1) is 22.6. The van der Waals surface area contributed by atoms with Gasteiger partial charge in [0.05, 0.1) is 12.4 Å². The van der Waals surface area contributed by atoms with Crippen molar-refractivity contribution in [1.29, 1.82) is 0 Å². The Kier molecular flexibility index (Phi) is 7.43. The lowest BCUT2D eigenvalue weighted by Gasteiger charge is -2.13. The molecule has 2 heterocycles. The molecular weight excluding hydrogens is 440 g/mol. The zero-order valence-electron chi connectivity index (χ0n) is 17.8. The van der Waals surface area contributed by atoms with Crippen LogP contribution in [0, 0.1) is 0 Å². The van der Waals surface area contributed by atoms with Crippen LogP contribution in [0.5, 0.6) is 5.75 Å². The first-order chi connectivity index (χ1) is 16.1. The maximum absolute atomic E-state index is 11.3. The fourth-order valence-corrected chi connectivity index (χ4v) is 4.06. The van der Waals surface area contributed by atoms with Crippen molar-refractivity contribution in [2.45, 2.75) is 24.2 Å². The van der Waals surface area contributed by atoms with Crippen molar-refractivity contribution in [3.8, 4) is 28.5 Å². The second-order valence-electron chi connectivity index (χ2n) is 7.32. The third-order valence-electron chi connectivity index (χ3n) is 4.85. The second-order valence-corrected chi connectivity index (χ2v) is 8.30. The van der Waals surface area contributed by atoms with E-state index in [2.05, 4.69) is 22.3 Å². The van der Waals surface area contributed by atoms with E-state index in [1.54, 1.807) is 23.0 Å². The number of benzene rings is 2. The number of aliphatic hydroxyl groups excluding tert-OH is 1. The molecule has 0 saturated heterocycles. The molecule has 1 unspecified atom stereocenters. The molecule has 1 atom stereocenters. The van der Waals surface area contributed by atoms with Gasteiger partial charge in [0, 0.05) is 18.7 Å². The zero-order chi connectivity index (χ0) is 23.0. The molecule has 0 spiro atoms. The number of nitrogens with zero attached hydrogens (tertiary/aromatic N) is 3. The highest BCUT2D eigenvalue weighted by Gasteiger charge is 2.18. The summed E-state index contributed by atoms with van der Waals surface area (Å²) in [7, 11) is 0. The van der Waals surface area contributed by atoms with Gasteiger partial charge in [0.2, 0.25) is 5.91 Å². The molecule has 0 fully saturated rings. The van der Waals surface area contributed by atoms with Crippen LogP contribution in [-0.4, -0.2) is 44.2 Å². The number of aromatic nitrogens is 3. The Bertz CT molecular complexity index is 1160. The van der Waals surface area contributed by atoms with Gasteiger partial charge in [-0.1, -0.05) is 54.2 Å². The van der Waals surface area contributed by atoms with Crippen LogP contribution in [0.2, 0.25) is 0 Å². The Morgan fingerprint density at radius 2 is 1.82 bits per heavy atom. The fraction of sp³-hybridized carbons (Fsp3) is 0.208. The molecule has 4 aromatic rings. The largest absolute Gasteiger partial charge is 0.491 e. The molecule has 0 aliphatic rings. The predicted octanol–water partition coefficient (Wildman–Crippen LogP) is 3.61. The number of nitrogens with two attached hydrogens (primary N) is 1. The summed E-state index contributed by atoms with van der Waals surface area (Å²) in [5.41, 5.74) is 7.54. The van der Waals surface area contributed by atoms with Gasteiger partial charge in [-0.3, -0.25) is 9.36 Å². The lowest BCUT2D eigenvalue weighted by Crippen LogP contribution is -2.20. The van der Waals surface area contributed by atoms with Crippen LogP contribution < -0.4 is 10.5 Å². The van der Waals surface area contributed by atoms with Crippen LogP contribution in [0.15, 0.2) is 82.6 Å². The third-order valence-corrected chi connectivity index (χ3v) is 5.96. The Labute approximate surface area is 195 Å². The first-order valence-electron chi connectivity index (χ1n) is 10.4. The van der Waals surface area contributed by atoms with E-state index < -0.39 is 12.0 Å². The van der Waals surface area contributed by atoms with Crippen molar-refractivity contribution in [3.05, 3.63) is 73.0 Å². The predicted molar refractivity (Wildman–Crippen MR) is 126 cm³/mol. The van der Waals surface area contributed by atoms with Gasteiger partial charge in [-0.05, 0) is 35.4 Å². The van der Waals surface area contributed by atoms with Gasteiger partial charge in [-0.2, -0.15) is 0 Å². The minimum Gasteiger partial charge on any atom is -0.491 e. The summed E-state index contributed by atoms with van der Waals surface area (Å²) < 4.78 is 12.9.